The van der Waals surface area contributed by atoms with E-state index in [2.05, 4.69) is 10.6 Å². The molecule has 2 aromatic carbocycles. The van der Waals surface area contributed by atoms with Gasteiger partial charge in [0.25, 0.3) is 11.6 Å². The van der Waals surface area contributed by atoms with Crippen LogP contribution < -0.4 is 15.5 Å². The van der Waals surface area contributed by atoms with Crippen LogP contribution in [0.15, 0.2) is 36.4 Å². The lowest BCUT2D eigenvalue weighted by Gasteiger charge is -2.28. The highest BCUT2D eigenvalue weighted by atomic mass is 32.1. The smallest absolute Gasteiger partial charge is 0.293 e. The Kier molecular flexibility index (Phi) is 6.40. The number of carbonyl (C=O) groups excluding carboxylic acids is 1. The molecule has 1 heterocycles. The first-order chi connectivity index (χ1) is 13.8. The molecule has 1 fully saturated rings. The normalized spacial score (nSPS) is 13.7. The molecular weight excluding hydrogens is 392 g/mol. The van der Waals surface area contributed by atoms with E-state index < -0.39 is 10.8 Å². The molecule has 1 aliphatic rings. The molecule has 1 saturated heterocycles. The maximum atomic E-state index is 12.5. The molecule has 0 saturated carbocycles. The van der Waals surface area contributed by atoms with Gasteiger partial charge in [0.1, 0.15) is 5.69 Å². The fourth-order valence-electron chi connectivity index (χ4n) is 3.04. The average molecular weight is 414 g/mol. The number of anilines is 2. The first-order valence-electron chi connectivity index (χ1n) is 9.16. The Bertz CT molecular complexity index is 957. The molecule has 0 bridgehead atoms. The van der Waals surface area contributed by atoms with E-state index in [0.717, 1.165) is 16.8 Å². The van der Waals surface area contributed by atoms with Gasteiger partial charge in [0.2, 0.25) is 0 Å². The van der Waals surface area contributed by atoms with Crippen molar-refractivity contribution < 1.29 is 14.5 Å². The molecule has 29 heavy (non-hydrogen) atoms. The summed E-state index contributed by atoms with van der Waals surface area (Å²) in [5.74, 6) is -0.511. The third kappa shape index (κ3) is 5.07. The number of carbonyl (C=O) groups is 1. The molecular formula is C20H22N4O4S. The lowest BCUT2D eigenvalue weighted by molar-refractivity contribution is -0.384. The van der Waals surface area contributed by atoms with Crippen molar-refractivity contribution in [2.75, 3.05) is 36.5 Å². The summed E-state index contributed by atoms with van der Waals surface area (Å²) in [5.41, 5.74) is 3.53. The fraction of sp³-hybridized carbons (Fsp3) is 0.300. The Hall–Kier alpha value is -3.04. The standard InChI is InChI=1S/C20H22N4O4S/c1-13-3-5-16(11-14(13)2)21-20(29)22-19(25)15-4-6-17(18(12-15)24(26)27)23-7-9-28-10-8-23/h3-6,11-12H,7-10H2,1-2H3,(H2,21,22,25,29). The van der Waals surface area contributed by atoms with E-state index in [4.69, 9.17) is 17.0 Å². The second kappa shape index (κ2) is 8.97. The zero-order valence-electron chi connectivity index (χ0n) is 16.2. The van der Waals surface area contributed by atoms with E-state index in [1.54, 1.807) is 12.1 Å². The van der Waals surface area contributed by atoms with E-state index in [9.17, 15) is 14.9 Å². The van der Waals surface area contributed by atoms with Crippen molar-refractivity contribution in [3.8, 4) is 0 Å². The van der Waals surface area contributed by atoms with E-state index in [1.165, 1.54) is 6.07 Å². The molecule has 0 spiro atoms. The van der Waals surface area contributed by atoms with Gasteiger partial charge in [-0.05, 0) is 61.5 Å². The van der Waals surface area contributed by atoms with Crippen LogP contribution in [0.25, 0.3) is 0 Å². The number of benzene rings is 2. The zero-order valence-corrected chi connectivity index (χ0v) is 17.0. The number of morpholine rings is 1. The number of hydrogen-bond donors (Lipinski definition) is 2. The average Bonchev–Trinajstić information content (AvgIpc) is 2.70. The zero-order chi connectivity index (χ0) is 21.0. The predicted octanol–water partition coefficient (Wildman–Crippen LogP) is 3.18. The second-order valence-electron chi connectivity index (χ2n) is 6.77. The number of hydrogen-bond acceptors (Lipinski definition) is 6. The van der Waals surface area contributed by atoms with E-state index in [-0.39, 0.29) is 16.4 Å². The lowest BCUT2D eigenvalue weighted by atomic mass is 10.1. The molecule has 0 atom stereocenters. The van der Waals surface area contributed by atoms with Crippen LogP contribution in [0.4, 0.5) is 17.1 Å². The summed E-state index contributed by atoms with van der Waals surface area (Å²) < 4.78 is 5.29. The van der Waals surface area contributed by atoms with Crippen LogP contribution in [0, 0.1) is 24.0 Å². The minimum Gasteiger partial charge on any atom is -0.378 e. The molecule has 9 heteroatoms. The van der Waals surface area contributed by atoms with Gasteiger partial charge in [-0.2, -0.15) is 0 Å². The first-order valence-corrected chi connectivity index (χ1v) is 9.56. The maximum Gasteiger partial charge on any atom is 0.293 e. The number of nitro groups is 1. The number of nitro benzene ring substituents is 1. The summed E-state index contributed by atoms with van der Waals surface area (Å²) in [5, 5.41) is 17.2. The van der Waals surface area contributed by atoms with Gasteiger partial charge in [-0.3, -0.25) is 20.2 Å². The van der Waals surface area contributed by atoms with Crippen molar-refractivity contribution in [2.45, 2.75) is 13.8 Å². The molecule has 8 nitrogen and oxygen atoms in total. The number of nitrogens with zero attached hydrogens (tertiary/aromatic N) is 2. The van der Waals surface area contributed by atoms with Crippen molar-refractivity contribution in [2.24, 2.45) is 0 Å². The Morgan fingerprint density at radius 2 is 1.86 bits per heavy atom. The topological polar surface area (TPSA) is 96.7 Å². The number of nitrogens with one attached hydrogen (secondary N) is 2. The van der Waals surface area contributed by atoms with Crippen LogP contribution in [-0.2, 0) is 4.74 Å². The van der Waals surface area contributed by atoms with Crippen LogP contribution in [0.1, 0.15) is 21.5 Å². The summed E-state index contributed by atoms with van der Waals surface area (Å²) in [6.45, 7) is 6.15. The van der Waals surface area contributed by atoms with Crippen molar-refractivity contribution in [1.82, 2.24) is 5.32 Å². The highest BCUT2D eigenvalue weighted by Gasteiger charge is 2.23. The Balaban J connectivity index is 1.72. The number of aryl methyl sites for hydroxylation is 2. The van der Waals surface area contributed by atoms with Gasteiger partial charge in [-0.1, -0.05) is 6.07 Å². The third-order valence-corrected chi connectivity index (χ3v) is 4.98. The van der Waals surface area contributed by atoms with Crippen LogP contribution >= 0.6 is 12.2 Å². The van der Waals surface area contributed by atoms with Gasteiger partial charge in [-0.25, -0.2) is 0 Å². The van der Waals surface area contributed by atoms with Crippen molar-refractivity contribution in [3.05, 3.63) is 63.2 Å². The van der Waals surface area contributed by atoms with Gasteiger partial charge >= 0.3 is 0 Å². The molecule has 0 aromatic heterocycles. The Labute approximate surface area is 174 Å². The number of thiocarbonyl (C=S) groups is 1. The molecule has 1 amide bonds. The summed E-state index contributed by atoms with van der Waals surface area (Å²) >= 11 is 5.20. The molecule has 0 radical (unpaired) electrons. The largest absolute Gasteiger partial charge is 0.378 e. The monoisotopic (exact) mass is 414 g/mol. The summed E-state index contributed by atoms with van der Waals surface area (Å²) in [4.78, 5) is 25.5. The van der Waals surface area contributed by atoms with E-state index in [0.29, 0.717) is 32.0 Å². The van der Waals surface area contributed by atoms with Crippen LogP contribution in [0.3, 0.4) is 0 Å². The highest BCUT2D eigenvalue weighted by molar-refractivity contribution is 7.80. The molecule has 0 aliphatic carbocycles. The van der Waals surface area contributed by atoms with Gasteiger partial charge in [-0.15, -0.1) is 0 Å². The SMILES string of the molecule is Cc1ccc(NC(=S)NC(=O)c2ccc(N3CCOCC3)c([N+](=O)[O-])c2)cc1C. The third-order valence-electron chi connectivity index (χ3n) is 4.78. The first kappa shape index (κ1) is 20.7. The second-order valence-corrected chi connectivity index (χ2v) is 7.18. The Morgan fingerprint density at radius 3 is 2.52 bits per heavy atom. The van der Waals surface area contributed by atoms with Crippen LogP contribution in [0.5, 0.6) is 0 Å². The van der Waals surface area contributed by atoms with Crippen molar-refractivity contribution in [3.63, 3.8) is 0 Å². The molecule has 2 aromatic rings. The lowest BCUT2D eigenvalue weighted by Crippen LogP contribution is -2.37. The molecule has 2 N–H and O–H groups in total. The molecule has 3 rings (SSSR count). The minimum atomic E-state index is -0.511. The highest BCUT2D eigenvalue weighted by Crippen LogP contribution is 2.30. The number of ether oxygens (including phenoxy) is 1. The summed E-state index contributed by atoms with van der Waals surface area (Å²) in [6.07, 6.45) is 0. The molecule has 152 valence electrons. The van der Waals surface area contributed by atoms with Gasteiger partial charge in [0.15, 0.2) is 5.11 Å². The van der Waals surface area contributed by atoms with Crippen molar-refractivity contribution in [1.29, 1.82) is 0 Å². The van der Waals surface area contributed by atoms with Gasteiger partial charge in [0.05, 0.1) is 18.1 Å². The number of rotatable bonds is 4. The fourth-order valence-corrected chi connectivity index (χ4v) is 3.25. The Morgan fingerprint density at radius 1 is 1.14 bits per heavy atom. The summed E-state index contributed by atoms with van der Waals surface area (Å²) in [6, 6.07) is 10.2. The number of amides is 1. The maximum absolute atomic E-state index is 12.5. The molecule has 1 aliphatic heterocycles. The summed E-state index contributed by atoms with van der Waals surface area (Å²) in [7, 11) is 0. The van der Waals surface area contributed by atoms with Gasteiger partial charge in [0, 0.05) is 30.4 Å². The molecule has 0 unspecified atom stereocenters. The quantitative estimate of drug-likeness (QED) is 0.451. The van der Waals surface area contributed by atoms with E-state index >= 15 is 0 Å². The predicted molar refractivity (Wildman–Crippen MR) is 116 cm³/mol. The van der Waals surface area contributed by atoms with Crippen LogP contribution in [-0.4, -0.2) is 42.2 Å². The van der Waals surface area contributed by atoms with E-state index in [1.807, 2.05) is 36.9 Å². The minimum absolute atomic E-state index is 0.118. The van der Waals surface area contributed by atoms with Crippen molar-refractivity contribution >= 4 is 40.3 Å². The van der Waals surface area contributed by atoms with Crippen LogP contribution in [0.2, 0.25) is 0 Å². The van der Waals surface area contributed by atoms with Gasteiger partial charge < -0.3 is 15.0 Å².